The van der Waals surface area contributed by atoms with Crippen molar-refractivity contribution in [3.8, 4) is 0 Å². The van der Waals surface area contributed by atoms with E-state index in [1.807, 2.05) is 24.3 Å². The normalized spacial score (nSPS) is 18.8. The number of anilines is 1. The molecule has 0 spiro atoms. The van der Waals surface area contributed by atoms with E-state index in [1.54, 1.807) is 12.1 Å². The fourth-order valence-corrected chi connectivity index (χ4v) is 2.85. The Hall–Kier alpha value is -1.39. The molecule has 2 nitrogen and oxygen atoms in total. The lowest BCUT2D eigenvalue weighted by Gasteiger charge is -2.20. The van der Waals surface area contributed by atoms with Gasteiger partial charge in [0.25, 0.3) is 0 Å². The standard InChI is InChI=1S/C15H13BrFNO/c16-10-5-6-12(17)11(8-10)15(19)14-7-9-3-1-2-4-13(9)18-14/h1-6,8,14-15,18-19H,7H2. The highest BCUT2D eigenvalue weighted by Gasteiger charge is 2.29. The molecular formula is C15H13BrFNO. The molecule has 0 radical (unpaired) electrons. The van der Waals surface area contributed by atoms with Gasteiger partial charge in [-0.15, -0.1) is 0 Å². The molecule has 4 heteroatoms. The minimum Gasteiger partial charge on any atom is -0.386 e. The van der Waals surface area contributed by atoms with Crippen LogP contribution in [0.2, 0.25) is 0 Å². The number of nitrogens with one attached hydrogen (secondary N) is 1. The summed E-state index contributed by atoms with van der Waals surface area (Å²) in [6, 6.07) is 12.3. The maximum absolute atomic E-state index is 13.8. The highest BCUT2D eigenvalue weighted by atomic mass is 79.9. The molecule has 1 aliphatic heterocycles. The van der Waals surface area contributed by atoms with Gasteiger partial charge < -0.3 is 10.4 Å². The summed E-state index contributed by atoms with van der Waals surface area (Å²) < 4.78 is 14.6. The van der Waals surface area contributed by atoms with E-state index >= 15 is 0 Å². The largest absolute Gasteiger partial charge is 0.386 e. The van der Waals surface area contributed by atoms with Crippen molar-refractivity contribution in [1.82, 2.24) is 0 Å². The number of fused-ring (bicyclic) bond motifs is 1. The summed E-state index contributed by atoms with van der Waals surface area (Å²) in [5.74, 6) is -0.381. The van der Waals surface area contributed by atoms with Crippen LogP contribution in [0.25, 0.3) is 0 Å². The number of hydrogen-bond acceptors (Lipinski definition) is 2. The van der Waals surface area contributed by atoms with Gasteiger partial charge in [-0.1, -0.05) is 34.1 Å². The van der Waals surface area contributed by atoms with Crippen LogP contribution in [0.1, 0.15) is 17.2 Å². The molecule has 2 aromatic carbocycles. The molecule has 3 rings (SSSR count). The van der Waals surface area contributed by atoms with E-state index in [9.17, 15) is 9.50 Å². The van der Waals surface area contributed by atoms with E-state index < -0.39 is 6.10 Å². The van der Waals surface area contributed by atoms with E-state index in [4.69, 9.17) is 0 Å². The average molecular weight is 322 g/mol. The van der Waals surface area contributed by atoms with Crippen molar-refractivity contribution >= 4 is 21.6 Å². The molecule has 2 atom stereocenters. The lowest BCUT2D eigenvalue weighted by atomic mass is 9.99. The second kappa shape index (κ2) is 4.94. The summed E-state index contributed by atoms with van der Waals surface area (Å²) in [5.41, 5.74) is 2.49. The molecule has 0 amide bonds. The van der Waals surface area contributed by atoms with Crippen molar-refractivity contribution in [3.63, 3.8) is 0 Å². The first-order valence-electron chi connectivity index (χ1n) is 6.12. The summed E-state index contributed by atoms with van der Waals surface area (Å²) in [4.78, 5) is 0. The number of halogens is 2. The van der Waals surface area contributed by atoms with Gasteiger partial charge in [-0.25, -0.2) is 4.39 Å². The fraction of sp³-hybridized carbons (Fsp3) is 0.200. The van der Waals surface area contributed by atoms with Gasteiger partial charge in [-0.2, -0.15) is 0 Å². The molecule has 2 unspecified atom stereocenters. The lowest BCUT2D eigenvalue weighted by Crippen LogP contribution is -2.25. The predicted octanol–water partition coefficient (Wildman–Crippen LogP) is 3.66. The second-order valence-electron chi connectivity index (χ2n) is 4.72. The lowest BCUT2D eigenvalue weighted by molar-refractivity contribution is 0.152. The smallest absolute Gasteiger partial charge is 0.129 e. The van der Waals surface area contributed by atoms with Gasteiger partial charge in [0.05, 0.1) is 6.04 Å². The Bertz CT molecular complexity index is 592. The minimum absolute atomic E-state index is 0.193. The van der Waals surface area contributed by atoms with Gasteiger partial charge in [0.2, 0.25) is 0 Å². The van der Waals surface area contributed by atoms with Crippen LogP contribution in [0.5, 0.6) is 0 Å². The first-order chi connectivity index (χ1) is 9.15. The highest BCUT2D eigenvalue weighted by Crippen LogP contribution is 2.33. The Balaban J connectivity index is 1.87. The number of para-hydroxylation sites is 1. The van der Waals surface area contributed by atoms with Crippen LogP contribution >= 0.6 is 15.9 Å². The highest BCUT2D eigenvalue weighted by molar-refractivity contribution is 9.10. The number of aliphatic hydroxyl groups is 1. The van der Waals surface area contributed by atoms with Crippen LogP contribution in [0.4, 0.5) is 10.1 Å². The molecule has 0 bridgehead atoms. The molecule has 19 heavy (non-hydrogen) atoms. The van der Waals surface area contributed by atoms with E-state index in [0.717, 1.165) is 15.7 Å². The predicted molar refractivity (Wildman–Crippen MR) is 76.6 cm³/mol. The molecule has 0 fully saturated rings. The van der Waals surface area contributed by atoms with Crippen molar-refractivity contribution in [2.75, 3.05) is 5.32 Å². The molecule has 0 saturated carbocycles. The maximum Gasteiger partial charge on any atom is 0.129 e. The van der Waals surface area contributed by atoms with Crippen LogP contribution in [0.3, 0.4) is 0 Å². The third kappa shape index (κ3) is 2.38. The molecule has 1 aliphatic rings. The Labute approximate surface area is 119 Å². The number of rotatable bonds is 2. The summed E-state index contributed by atoms with van der Waals surface area (Å²) in [6.07, 6.45) is -0.173. The van der Waals surface area contributed by atoms with Gasteiger partial charge in [0.15, 0.2) is 0 Å². The van der Waals surface area contributed by atoms with Crippen molar-refractivity contribution in [2.24, 2.45) is 0 Å². The third-order valence-corrected chi connectivity index (χ3v) is 3.95. The maximum atomic E-state index is 13.8. The van der Waals surface area contributed by atoms with Crippen LogP contribution in [0.15, 0.2) is 46.9 Å². The van der Waals surface area contributed by atoms with Crippen molar-refractivity contribution in [2.45, 2.75) is 18.6 Å². The zero-order valence-corrected chi connectivity index (χ0v) is 11.7. The molecular weight excluding hydrogens is 309 g/mol. The number of benzene rings is 2. The average Bonchev–Trinajstić information content (AvgIpc) is 2.84. The van der Waals surface area contributed by atoms with Crippen LogP contribution in [-0.4, -0.2) is 11.1 Å². The summed E-state index contributed by atoms with van der Waals surface area (Å²) in [7, 11) is 0. The Kier molecular flexibility index (Phi) is 3.29. The Morgan fingerprint density at radius 3 is 2.84 bits per heavy atom. The molecule has 0 saturated heterocycles. The van der Waals surface area contributed by atoms with E-state index in [2.05, 4.69) is 21.2 Å². The van der Waals surface area contributed by atoms with Crippen molar-refractivity contribution in [1.29, 1.82) is 0 Å². The van der Waals surface area contributed by atoms with E-state index in [0.29, 0.717) is 12.0 Å². The van der Waals surface area contributed by atoms with E-state index in [-0.39, 0.29) is 11.9 Å². The number of aliphatic hydroxyl groups excluding tert-OH is 1. The molecule has 1 heterocycles. The fourth-order valence-electron chi connectivity index (χ4n) is 2.48. The summed E-state index contributed by atoms with van der Waals surface area (Å²) in [6.45, 7) is 0. The molecule has 2 aromatic rings. The van der Waals surface area contributed by atoms with E-state index in [1.165, 1.54) is 6.07 Å². The first kappa shape index (κ1) is 12.6. The third-order valence-electron chi connectivity index (χ3n) is 3.46. The zero-order valence-electron chi connectivity index (χ0n) is 10.1. The minimum atomic E-state index is -0.870. The topological polar surface area (TPSA) is 32.3 Å². The molecule has 0 aromatic heterocycles. The second-order valence-corrected chi connectivity index (χ2v) is 5.64. The van der Waals surface area contributed by atoms with Crippen molar-refractivity contribution in [3.05, 3.63) is 63.9 Å². The quantitative estimate of drug-likeness (QED) is 0.884. The first-order valence-corrected chi connectivity index (χ1v) is 6.92. The van der Waals surface area contributed by atoms with Gasteiger partial charge in [-0.3, -0.25) is 0 Å². The Morgan fingerprint density at radius 1 is 1.26 bits per heavy atom. The monoisotopic (exact) mass is 321 g/mol. The number of hydrogen-bond donors (Lipinski definition) is 2. The summed E-state index contributed by atoms with van der Waals surface area (Å²) >= 11 is 3.30. The van der Waals surface area contributed by atoms with Crippen LogP contribution in [0, 0.1) is 5.82 Å². The van der Waals surface area contributed by atoms with Gasteiger partial charge in [-0.05, 0) is 36.2 Å². The zero-order chi connectivity index (χ0) is 13.4. The van der Waals surface area contributed by atoms with Crippen molar-refractivity contribution < 1.29 is 9.50 Å². The van der Waals surface area contributed by atoms with Gasteiger partial charge >= 0.3 is 0 Å². The van der Waals surface area contributed by atoms with Crippen LogP contribution < -0.4 is 5.32 Å². The molecule has 98 valence electrons. The van der Waals surface area contributed by atoms with Crippen LogP contribution in [-0.2, 0) is 6.42 Å². The summed E-state index contributed by atoms with van der Waals surface area (Å²) in [5, 5.41) is 13.6. The van der Waals surface area contributed by atoms with Gasteiger partial charge in [0.1, 0.15) is 11.9 Å². The molecule has 2 N–H and O–H groups in total. The SMILES string of the molecule is OC(c1cc(Br)ccc1F)C1Cc2ccccc2N1. The van der Waals surface area contributed by atoms with Gasteiger partial charge in [0, 0.05) is 15.7 Å². The Morgan fingerprint density at radius 2 is 2.05 bits per heavy atom. The molecule has 0 aliphatic carbocycles.